The molecule has 1 fully saturated rings. The van der Waals surface area contributed by atoms with Crippen LogP contribution in [0.25, 0.3) is 0 Å². The van der Waals surface area contributed by atoms with E-state index in [0.717, 1.165) is 6.20 Å². The van der Waals surface area contributed by atoms with Gasteiger partial charge in [0.15, 0.2) is 0 Å². The summed E-state index contributed by atoms with van der Waals surface area (Å²) in [6.07, 6.45) is 1.21. The second-order valence-electron chi connectivity index (χ2n) is 5.99. The van der Waals surface area contributed by atoms with Crippen LogP contribution in [0, 0.1) is 0 Å². The van der Waals surface area contributed by atoms with Crippen LogP contribution in [0.3, 0.4) is 0 Å². The minimum atomic E-state index is -1.43. The fraction of sp³-hybridized carbons (Fsp3) is 0.294. The van der Waals surface area contributed by atoms with Gasteiger partial charge < -0.3 is 19.7 Å². The third-order valence-corrected chi connectivity index (χ3v) is 4.35. The van der Waals surface area contributed by atoms with E-state index >= 15 is 0 Å². The van der Waals surface area contributed by atoms with Crippen molar-refractivity contribution in [1.29, 1.82) is 0 Å². The number of hydrogen-bond acceptors (Lipinski definition) is 5. The highest BCUT2D eigenvalue weighted by Gasteiger charge is 2.45. The molecule has 9 nitrogen and oxygen atoms in total. The van der Waals surface area contributed by atoms with Crippen molar-refractivity contribution >= 4 is 11.9 Å². The van der Waals surface area contributed by atoms with Crippen molar-refractivity contribution in [3.8, 4) is 5.75 Å². The molecule has 2 heterocycles. The first-order valence-corrected chi connectivity index (χ1v) is 8.00. The van der Waals surface area contributed by atoms with Crippen LogP contribution >= 0.6 is 0 Å². The SMILES string of the molecule is O=C(c1c[nH]c(=O)[nH]c1=O)N1CCC(Oc2ccccc2)(C(=O)O)CC1. The van der Waals surface area contributed by atoms with E-state index in [-0.39, 0.29) is 31.5 Å². The molecule has 0 atom stereocenters. The number of carboxylic acids is 1. The van der Waals surface area contributed by atoms with E-state index in [4.69, 9.17) is 4.74 Å². The van der Waals surface area contributed by atoms with E-state index in [9.17, 15) is 24.3 Å². The minimum absolute atomic E-state index is 0.0736. The zero-order valence-corrected chi connectivity index (χ0v) is 13.7. The molecule has 3 N–H and O–H groups in total. The number of carbonyl (C=O) groups is 2. The highest BCUT2D eigenvalue weighted by molar-refractivity contribution is 5.93. The Labute approximate surface area is 147 Å². The standard InChI is InChI=1S/C17H17N3O6/c21-13-12(10-18-16(25)19-13)14(22)20-8-6-17(7-9-20,15(23)24)26-11-4-2-1-3-5-11/h1-5,10H,6-9H2,(H,23,24)(H2,18,19,21,25). The second-order valence-corrected chi connectivity index (χ2v) is 5.99. The van der Waals surface area contributed by atoms with Gasteiger partial charge in [0.2, 0.25) is 5.60 Å². The maximum absolute atomic E-state index is 12.5. The Bertz CT molecular complexity index is 925. The molecule has 1 saturated heterocycles. The van der Waals surface area contributed by atoms with Crippen LogP contribution in [0.2, 0.25) is 0 Å². The number of rotatable bonds is 4. The molecule has 0 saturated carbocycles. The first-order chi connectivity index (χ1) is 12.4. The van der Waals surface area contributed by atoms with Gasteiger partial charge in [-0.25, -0.2) is 9.59 Å². The van der Waals surface area contributed by atoms with Crippen LogP contribution in [0.1, 0.15) is 23.2 Å². The Morgan fingerprint density at radius 1 is 1.12 bits per heavy atom. The Hall–Kier alpha value is -3.36. The number of aliphatic carboxylic acids is 1. The zero-order valence-electron chi connectivity index (χ0n) is 13.7. The summed E-state index contributed by atoms with van der Waals surface area (Å²) >= 11 is 0. The summed E-state index contributed by atoms with van der Waals surface area (Å²) in [5.41, 5.74) is -3.12. The molecule has 0 unspecified atom stereocenters. The van der Waals surface area contributed by atoms with Crippen molar-refractivity contribution in [3.05, 3.63) is 62.9 Å². The molecular weight excluding hydrogens is 342 g/mol. The number of benzene rings is 1. The molecule has 136 valence electrons. The van der Waals surface area contributed by atoms with Gasteiger partial charge in [0, 0.05) is 32.1 Å². The molecule has 0 spiro atoms. The maximum Gasteiger partial charge on any atom is 0.348 e. The Balaban J connectivity index is 1.75. The number of aromatic nitrogens is 2. The van der Waals surface area contributed by atoms with Crippen LogP contribution in [0.15, 0.2) is 46.1 Å². The molecule has 1 aliphatic heterocycles. The van der Waals surface area contributed by atoms with Crippen molar-refractivity contribution in [2.45, 2.75) is 18.4 Å². The van der Waals surface area contributed by atoms with Gasteiger partial charge in [0.05, 0.1) is 0 Å². The normalized spacial score (nSPS) is 16.1. The lowest BCUT2D eigenvalue weighted by Gasteiger charge is -2.38. The van der Waals surface area contributed by atoms with Crippen molar-refractivity contribution in [3.63, 3.8) is 0 Å². The summed E-state index contributed by atoms with van der Waals surface area (Å²) in [6, 6.07) is 8.62. The zero-order chi connectivity index (χ0) is 18.7. The molecule has 0 radical (unpaired) electrons. The maximum atomic E-state index is 12.5. The first kappa shape index (κ1) is 17.5. The highest BCUT2D eigenvalue weighted by Crippen LogP contribution is 2.29. The van der Waals surface area contributed by atoms with Gasteiger partial charge in [-0.3, -0.25) is 14.6 Å². The summed E-state index contributed by atoms with van der Waals surface area (Å²) < 4.78 is 5.72. The van der Waals surface area contributed by atoms with Gasteiger partial charge in [-0.2, -0.15) is 0 Å². The van der Waals surface area contributed by atoms with Crippen molar-refractivity contribution < 1.29 is 19.4 Å². The number of nitrogens with zero attached hydrogens (tertiary/aromatic N) is 1. The van der Waals surface area contributed by atoms with Crippen molar-refractivity contribution in [2.75, 3.05) is 13.1 Å². The number of piperidine rings is 1. The monoisotopic (exact) mass is 359 g/mol. The van der Waals surface area contributed by atoms with E-state index in [1.807, 2.05) is 4.98 Å². The minimum Gasteiger partial charge on any atom is -0.478 e. The number of H-pyrrole nitrogens is 2. The summed E-state index contributed by atoms with van der Waals surface area (Å²) in [7, 11) is 0. The molecule has 1 amide bonds. The quantitative estimate of drug-likeness (QED) is 0.714. The number of para-hydroxylation sites is 1. The van der Waals surface area contributed by atoms with Gasteiger partial charge in [-0.15, -0.1) is 0 Å². The molecule has 1 aromatic heterocycles. The van der Waals surface area contributed by atoms with Gasteiger partial charge >= 0.3 is 11.7 Å². The molecule has 3 rings (SSSR count). The molecule has 1 aliphatic rings. The number of nitrogens with one attached hydrogen (secondary N) is 2. The number of ether oxygens (including phenoxy) is 1. The summed E-state index contributed by atoms with van der Waals surface area (Å²) in [6.45, 7) is 0.215. The molecule has 26 heavy (non-hydrogen) atoms. The topological polar surface area (TPSA) is 133 Å². The summed E-state index contributed by atoms with van der Waals surface area (Å²) in [5, 5.41) is 9.64. The largest absolute Gasteiger partial charge is 0.478 e. The van der Waals surface area contributed by atoms with Crippen LogP contribution in [-0.4, -0.2) is 50.5 Å². The van der Waals surface area contributed by atoms with Crippen molar-refractivity contribution in [1.82, 2.24) is 14.9 Å². The number of aromatic amines is 2. The lowest BCUT2D eigenvalue weighted by atomic mass is 9.90. The molecular formula is C17H17N3O6. The lowest BCUT2D eigenvalue weighted by molar-refractivity contribution is -0.159. The first-order valence-electron chi connectivity index (χ1n) is 8.00. The molecule has 0 bridgehead atoms. The van der Waals surface area contributed by atoms with Gasteiger partial charge in [0.1, 0.15) is 11.3 Å². The van der Waals surface area contributed by atoms with E-state index in [1.54, 1.807) is 30.3 Å². The predicted molar refractivity (Wildman–Crippen MR) is 90.3 cm³/mol. The summed E-state index contributed by atoms with van der Waals surface area (Å²) in [5.74, 6) is -1.23. The summed E-state index contributed by atoms with van der Waals surface area (Å²) in [4.78, 5) is 52.7. The van der Waals surface area contributed by atoms with E-state index < -0.39 is 28.7 Å². The van der Waals surface area contributed by atoms with Gasteiger partial charge in [-0.1, -0.05) is 18.2 Å². The molecule has 2 aromatic rings. The lowest BCUT2D eigenvalue weighted by Crippen LogP contribution is -2.54. The van der Waals surface area contributed by atoms with E-state index in [1.165, 1.54) is 4.90 Å². The van der Waals surface area contributed by atoms with Crippen LogP contribution in [0.5, 0.6) is 5.75 Å². The average molecular weight is 359 g/mol. The second kappa shape index (κ2) is 6.87. The third kappa shape index (κ3) is 3.37. The number of hydrogen-bond donors (Lipinski definition) is 3. The third-order valence-electron chi connectivity index (χ3n) is 4.35. The Morgan fingerprint density at radius 2 is 1.77 bits per heavy atom. The fourth-order valence-electron chi connectivity index (χ4n) is 2.88. The van der Waals surface area contributed by atoms with Crippen LogP contribution < -0.4 is 16.0 Å². The Morgan fingerprint density at radius 3 is 2.35 bits per heavy atom. The fourth-order valence-corrected chi connectivity index (χ4v) is 2.88. The predicted octanol–water partition coefficient (Wildman–Crippen LogP) is 0.202. The van der Waals surface area contributed by atoms with Crippen LogP contribution in [-0.2, 0) is 4.79 Å². The molecule has 9 heteroatoms. The number of likely N-dealkylation sites (tertiary alicyclic amines) is 1. The molecule has 1 aromatic carbocycles. The number of amides is 1. The molecule has 0 aliphatic carbocycles. The number of carboxylic acid groups (broad SMARTS) is 1. The number of carbonyl (C=O) groups excluding carboxylic acids is 1. The van der Waals surface area contributed by atoms with E-state index in [0.29, 0.717) is 5.75 Å². The smallest absolute Gasteiger partial charge is 0.348 e. The van der Waals surface area contributed by atoms with Crippen LogP contribution in [0.4, 0.5) is 0 Å². The Kier molecular flexibility index (Phi) is 4.61. The van der Waals surface area contributed by atoms with Gasteiger partial charge in [-0.05, 0) is 12.1 Å². The van der Waals surface area contributed by atoms with Gasteiger partial charge in [0.25, 0.3) is 11.5 Å². The highest BCUT2D eigenvalue weighted by atomic mass is 16.5. The van der Waals surface area contributed by atoms with Crippen molar-refractivity contribution in [2.24, 2.45) is 0 Å². The average Bonchev–Trinajstić information content (AvgIpc) is 2.62. The van der Waals surface area contributed by atoms with E-state index in [2.05, 4.69) is 4.98 Å².